The van der Waals surface area contributed by atoms with Crippen molar-refractivity contribution in [3.63, 3.8) is 0 Å². The molecule has 2 atom stereocenters. The van der Waals surface area contributed by atoms with Crippen LogP contribution in [0.5, 0.6) is 0 Å². The number of nitrogens with one attached hydrogen (secondary N) is 3. The van der Waals surface area contributed by atoms with Gasteiger partial charge in [-0.2, -0.15) is 0 Å². The van der Waals surface area contributed by atoms with E-state index in [9.17, 15) is 4.79 Å². The van der Waals surface area contributed by atoms with E-state index >= 15 is 0 Å². The Labute approximate surface area is 110 Å². The molecule has 0 aromatic rings. The molecule has 5 nitrogen and oxygen atoms in total. The number of carbonyl (C=O) groups excluding carboxylic acids is 1. The Morgan fingerprint density at radius 1 is 1.28 bits per heavy atom. The van der Waals surface area contributed by atoms with Gasteiger partial charge >= 0.3 is 0 Å². The van der Waals surface area contributed by atoms with Crippen molar-refractivity contribution in [3.8, 4) is 0 Å². The molecular formula is C13H26N4O. The standard InChI is InChI=1S/C13H26N4O/c1-10-7-15-12(9-14-10)13(18)16-8-11-3-5-17(2)6-4-11/h10-12,14-15H,3-9H2,1-2H3,(H,16,18). The average molecular weight is 254 g/mol. The lowest BCUT2D eigenvalue weighted by atomic mass is 9.97. The molecule has 0 saturated carbocycles. The van der Waals surface area contributed by atoms with Gasteiger partial charge in [0.2, 0.25) is 5.91 Å². The highest BCUT2D eigenvalue weighted by Gasteiger charge is 2.24. The minimum atomic E-state index is -0.0625. The fourth-order valence-electron chi connectivity index (χ4n) is 2.60. The quantitative estimate of drug-likeness (QED) is 0.629. The van der Waals surface area contributed by atoms with Crippen LogP contribution in [0.25, 0.3) is 0 Å². The maximum absolute atomic E-state index is 12.0. The molecule has 2 aliphatic heterocycles. The molecule has 0 aromatic carbocycles. The Balaban J connectivity index is 1.65. The third kappa shape index (κ3) is 3.93. The molecule has 18 heavy (non-hydrogen) atoms. The number of nitrogens with zero attached hydrogens (tertiary/aromatic N) is 1. The molecule has 2 saturated heterocycles. The lowest BCUT2D eigenvalue weighted by Gasteiger charge is -2.31. The molecule has 2 aliphatic rings. The third-order valence-electron chi connectivity index (χ3n) is 4.06. The monoisotopic (exact) mass is 254 g/mol. The van der Waals surface area contributed by atoms with Gasteiger partial charge < -0.3 is 20.9 Å². The topological polar surface area (TPSA) is 56.4 Å². The molecule has 1 amide bonds. The number of rotatable bonds is 3. The van der Waals surface area contributed by atoms with E-state index in [1.54, 1.807) is 0 Å². The minimum Gasteiger partial charge on any atom is -0.354 e. The average Bonchev–Trinajstić information content (AvgIpc) is 2.38. The van der Waals surface area contributed by atoms with Gasteiger partial charge in [0.15, 0.2) is 0 Å². The van der Waals surface area contributed by atoms with Gasteiger partial charge in [0, 0.05) is 25.7 Å². The zero-order chi connectivity index (χ0) is 13.0. The van der Waals surface area contributed by atoms with E-state index in [0.29, 0.717) is 12.0 Å². The molecule has 5 heteroatoms. The summed E-state index contributed by atoms with van der Waals surface area (Å²) in [6.45, 7) is 6.87. The van der Waals surface area contributed by atoms with Crippen LogP contribution in [0, 0.1) is 5.92 Å². The van der Waals surface area contributed by atoms with Crippen molar-refractivity contribution in [2.24, 2.45) is 5.92 Å². The number of hydrogen-bond acceptors (Lipinski definition) is 4. The first-order valence-electron chi connectivity index (χ1n) is 7.08. The summed E-state index contributed by atoms with van der Waals surface area (Å²) in [5, 5.41) is 9.70. The van der Waals surface area contributed by atoms with E-state index in [-0.39, 0.29) is 11.9 Å². The Hall–Kier alpha value is -0.650. The summed E-state index contributed by atoms with van der Waals surface area (Å²) in [5.74, 6) is 0.800. The van der Waals surface area contributed by atoms with Crippen LogP contribution in [-0.4, -0.2) is 62.7 Å². The van der Waals surface area contributed by atoms with E-state index in [1.165, 1.54) is 12.8 Å². The molecule has 2 fully saturated rings. The first kappa shape index (κ1) is 13.8. The van der Waals surface area contributed by atoms with Gasteiger partial charge in [0.1, 0.15) is 0 Å². The zero-order valence-corrected chi connectivity index (χ0v) is 11.5. The number of piperidine rings is 1. The first-order valence-corrected chi connectivity index (χ1v) is 7.08. The summed E-state index contributed by atoms with van der Waals surface area (Å²) in [7, 11) is 2.16. The molecule has 0 spiro atoms. The Morgan fingerprint density at radius 2 is 2.00 bits per heavy atom. The summed E-state index contributed by atoms with van der Waals surface area (Å²) < 4.78 is 0. The van der Waals surface area contributed by atoms with E-state index in [1.807, 2.05) is 0 Å². The summed E-state index contributed by atoms with van der Waals surface area (Å²) in [6.07, 6.45) is 2.40. The predicted octanol–water partition coefficient (Wildman–Crippen LogP) is -0.606. The van der Waals surface area contributed by atoms with Crippen LogP contribution in [0.1, 0.15) is 19.8 Å². The summed E-state index contributed by atoms with van der Waals surface area (Å²) >= 11 is 0. The second kappa shape index (κ2) is 6.50. The lowest BCUT2D eigenvalue weighted by molar-refractivity contribution is -0.123. The number of carbonyl (C=O) groups is 1. The minimum absolute atomic E-state index is 0.0625. The van der Waals surface area contributed by atoms with Crippen LogP contribution in [-0.2, 0) is 4.79 Å². The molecule has 0 aliphatic carbocycles. The Kier molecular flexibility index (Phi) is 4.97. The van der Waals surface area contributed by atoms with Crippen molar-refractivity contribution in [1.82, 2.24) is 20.9 Å². The van der Waals surface area contributed by atoms with E-state index in [0.717, 1.165) is 32.7 Å². The second-order valence-electron chi connectivity index (χ2n) is 5.76. The fourth-order valence-corrected chi connectivity index (χ4v) is 2.60. The molecule has 3 N–H and O–H groups in total. The number of likely N-dealkylation sites (tertiary alicyclic amines) is 1. The smallest absolute Gasteiger partial charge is 0.238 e. The molecule has 104 valence electrons. The van der Waals surface area contributed by atoms with Crippen molar-refractivity contribution < 1.29 is 4.79 Å². The Morgan fingerprint density at radius 3 is 2.61 bits per heavy atom. The molecule has 0 radical (unpaired) electrons. The van der Waals surface area contributed by atoms with Crippen molar-refractivity contribution >= 4 is 5.91 Å². The Bertz CT molecular complexity index is 268. The lowest BCUT2D eigenvalue weighted by Crippen LogP contribution is -2.59. The molecule has 2 rings (SSSR count). The van der Waals surface area contributed by atoms with Gasteiger partial charge in [-0.05, 0) is 45.8 Å². The first-order chi connectivity index (χ1) is 8.65. The number of piperazine rings is 1. The normalized spacial score (nSPS) is 31.2. The molecule has 2 unspecified atom stereocenters. The van der Waals surface area contributed by atoms with Gasteiger partial charge in [-0.3, -0.25) is 4.79 Å². The van der Waals surface area contributed by atoms with Gasteiger partial charge in [-0.15, -0.1) is 0 Å². The van der Waals surface area contributed by atoms with E-state index in [4.69, 9.17) is 0 Å². The number of amides is 1. The van der Waals surface area contributed by atoms with Crippen LogP contribution in [0.15, 0.2) is 0 Å². The zero-order valence-electron chi connectivity index (χ0n) is 11.5. The summed E-state index contributed by atoms with van der Waals surface area (Å²) in [4.78, 5) is 14.3. The van der Waals surface area contributed by atoms with Crippen LogP contribution in [0.2, 0.25) is 0 Å². The van der Waals surface area contributed by atoms with Crippen molar-refractivity contribution in [1.29, 1.82) is 0 Å². The fraction of sp³-hybridized carbons (Fsp3) is 0.923. The summed E-state index contributed by atoms with van der Waals surface area (Å²) in [6, 6.07) is 0.399. The highest BCUT2D eigenvalue weighted by molar-refractivity contribution is 5.82. The van der Waals surface area contributed by atoms with Gasteiger partial charge in [0.25, 0.3) is 0 Å². The summed E-state index contributed by atoms with van der Waals surface area (Å²) in [5.41, 5.74) is 0. The predicted molar refractivity (Wildman–Crippen MR) is 72.5 cm³/mol. The van der Waals surface area contributed by atoms with Crippen LogP contribution >= 0.6 is 0 Å². The highest BCUT2D eigenvalue weighted by Crippen LogP contribution is 2.14. The van der Waals surface area contributed by atoms with E-state index in [2.05, 4.69) is 34.8 Å². The largest absolute Gasteiger partial charge is 0.354 e. The SMILES string of the molecule is CC1CNC(C(=O)NCC2CCN(C)CC2)CN1. The van der Waals surface area contributed by atoms with Gasteiger partial charge in [-0.25, -0.2) is 0 Å². The molecular weight excluding hydrogens is 228 g/mol. The molecule has 2 heterocycles. The van der Waals surface area contributed by atoms with Crippen molar-refractivity contribution in [3.05, 3.63) is 0 Å². The van der Waals surface area contributed by atoms with Gasteiger partial charge in [-0.1, -0.05) is 0 Å². The van der Waals surface area contributed by atoms with Gasteiger partial charge in [0.05, 0.1) is 6.04 Å². The van der Waals surface area contributed by atoms with E-state index < -0.39 is 0 Å². The van der Waals surface area contributed by atoms with Crippen LogP contribution < -0.4 is 16.0 Å². The van der Waals surface area contributed by atoms with Crippen LogP contribution in [0.4, 0.5) is 0 Å². The van der Waals surface area contributed by atoms with Crippen LogP contribution in [0.3, 0.4) is 0 Å². The van der Waals surface area contributed by atoms with Crippen molar-refractivity contribution in [2.45, 2.75) is 31.8 Å². The maximum Gasteiger partial charge on any atom is 0.238 e. The molecule has 0 aromatic heterocycles. The second-order valence-corrected chi connectivity index (χ2v) is 5.76. The highest BCUT2D eigenvalue weighted by atomic mass is 16.2. The molecule has 0 bridgehead atoms. The number of hydrogen-bond donors (Lipinski definition) is 3. The maximum atomic E-state index is 12.0. The third-order valence-corrected chi connectivity index (χ3v) is 4.06. The van der Waals surface area contributed by atoms with Crippen molar-refractivity contribution in [2.75, 3.05) is 39.8 Å².